The van der Waals surface area contributed by atoms with Gasteiger partial charge in [0.15, 0.2) is 0 Å². The van der Waals surface area contributed by atoms with Crippen molar-refractivity contribution < 1.29 is 23.8 Å². The van der Waals surface area contributed by atoms with Gasteiger partial charge in [0.2, 0.25) is 0 Å². The first-order valence-corrected chi connectivity index (χ1v) is 9.15. The normalized spacial score (nSPS) is 16.1. The molecule has 0 saturated heterocycles. The van der Waals surface area contributed by atoms with Gasteiger partial charge in [-0.3, -0.25) is 0 Å². The van der Waals surface area contributed by atoms with Crippen LogP contribution in [0.2, 0.25) is 0 Å². The van der Waals surface area contributed by atoms with E-state index >= 15 is 0 Å². The van der Waals surface area contributed by atoms with Gasteiger partial charge in [-0.15, -0.1) is 0 Å². The molecule has 3 rings (SSSR count). The Kier molecular flexibility index (Phi) is 5.89. The summed E-state index contributed by atoms with van der Waals surface area (Å²) < 4.78 is 16.1. The molecular formula is C20H19BrN2O5. The molecule has 1 aliphatic rings. The van der Waals surface area contributed by atoms with Crippen LogP contribution in [-0.4, -0.2) is 33.3 Å². The molecule has 1 atom stereocenters. The highest BCUT2D eigenvalue weighted by Gasteiger charge is 2.34. The maximum absolute atomic E-state index is 12.6. The average Bonchev–Trinajstić information content (AvgIpc) is 2.72. The van der Waals surface area contributed by atoms with E-state index in [4.69, 9.17) is 14.2 Å². The maximum atomic E-state index is 12.6. The molecule has 8 heteroatoms. The average molecular weight is 447 g/mol. The van der Waals surface area contributed by atoms with Crippen molar-refractivity contribution in [1.82, 2.24) is 10.6 Å². The molecule has 0 saturated carbocycles. The van der Waals surface area contributed by atoms with Gasteiger partial charge >= 0.3 is 12.0 Å². The summed E-state index contributed by atoms with van der Waals surface area (Å²) in [4.78, 5) is 25.0. The van der Waals surface area contributed by atoms with Gasteiger partial charge in [-0.2, -0.15) is 0 Å². The predicted octanol–water partition coefficient (Wildman–Crippen LogP) is 3.40. The SMILES string of the molecule is COC(=O)C1=C(c2ccc(OC)cc2)NC(=O)NC1c1ccc(OC)c(Br)c1. The number of esters is 1. The number of halogens is 1. The zero-order valence-electron chi connectivity index (χ0n) is 15.5. The lowest BCUT2D eigenvalue weighted by atomic mass is 9.92. The molecule has 2 N–H and O–H groups in total. The molecule has 28 heavy (non-hydrogen) atoms. The van der Waals surface area contributed by atoms with E-state index in [1.807, 2.05) is 0 Å². The molecule has 0 spiro atoms. The molecule has 0 aromatic heterocycles. The highest BCUT2D eigenvalue weighted by atomic mass is 79.9. The van der Waals surface area contributed by atoms with Crippen LogP contribution in [0.15, 0.2) is 52.5 Å². The van der Waals surface area contributed by atoms with Gasteiger partial charge in [0, 0.05) is 0 Å². The molecule has 1 heterocycles. The van der Waals surface area contributed by atoms with Crippen LogP contribution in [0.4, 0.5) is 4.79 Å². The molecule has 0 fully saturated rings. The smallest absolute Gasteiger partial charge is 0.338 e. The van der Waals surface area contributed by atoms with Crippen LogP contribution in [-0.2, 0) is 9.53 Å². The van der Waals surface area contributed by atoms with Crippen LogP contribution in [0.1, 0.15) is 17.2 Å². The summed E-state index contributed by atoms with van der Waals surface area (Å²) in [6.45, 7) is 0. The van der Waals surface area contributed by atoms with Gasteiger partial charge in [-0.05, 0) is 63.5 Å². The molecular weight excluding hydrogens is 428 g/mol. The second-order valence-electron chi connectivity index (χ2n) is 5.93. The van der Waals surface area contributed by atoms with E-state index < -0.39 is 18.0 Å². The zero-order valence-corrected chi connectivity index (χ0v) is 17.1. The van der Waals surface area contributed by atoms with Gasteiger partial charge in [-0.25, -0.2) is 9.59 Å². The standard InChI is InChI=1S/C20H19BrN2O5/c1-26-13-7-4-11(5-8-13)17-16(19(24)28-3)18(23-20(25)22-17)12-6-9-15(27-2)14(21)10-12/h4-10,18H,1-3H3,(H2,22,23,25). The highest BCUT2D eigenvalue weighted by molar-refractivity contribution is 9.10. The van der Waals surface area contributed by atoms with E-state index in [1.54, 1.807) is 56.7 Å². The predicted molar refractivity (Wildman–Crippen MR) is 107 cm³/mol. The first-order chi connectivity index (χ1) is 13.5. The van der Waals surface area contributed by atoms with Crippen LogP contribution in [0.5, 0.6) is 11.5 Å². The molecule has 2 aromatic rings. The number of urea groups is 1. The summed E-state index contributed by atoms with van der Waals surface area (Å²) in [5.74, 6) is 0.762. The van der Waals surface area contributed by atoms with E-state index in [2.05, 4.69) is 26.6 Å². The van der Waals surface area contributed by atoms with Crippen LogP contribution >= 0.6 is 15.9 Å². The van der Waals surface area contributed by atoms with Crippen LogP contribution in [0.3, 0.4) is 0 Å². The second-order valence-corrected chi connectivity index (χ2v) is 6.79. The molecule has 146 valence electrons. The molecule has 1 aliphatic heterocycles. The van der Waals surface area contributed by atoms with Gasteiger partial charge < -0.3 is 24.8 Å². The van der Waals surface area contributed by atoms with Crippen molar-refractivity contribution in [2.75, 3.05) is 21.3 Å². The van der Waals surface area contributed by atoms with Crippen molar-refractivity contribution in [3.05, 3.63) is 63.6 Å². The number of amides is 2. The Morgan fingerprint density at radius 3 is 2.32 bits per heavy atom. The largest absolute Gasteiger partial charge is 0.497 e. The Hall–Kier alpha value is -3.00. The fourth-order valence-electron chi connectivity index (χ4n) is 2.99. The van der Waals surface area contributed by atoms with Gasteiger partial charge in [0.1, 0.15) is 11.5 Å². The molecule has 0 radical (unpaired) electrons. The first-order valence-electron chi connectivity index (χ1n) is 8.36. The quantitative estimate of drug-likeness (QED) is 0.687. The van der Waals surface area contributed by atoms with Crippen LogP contribution < -0.4 is 20.1 Å². The molecule has 2 aromatic carbocycles. The summed E-state index contributed by atoms with van der Waals surface area (Å²) in [6.07, 6.45) is 0. The molecule has 1 unspecified atom stereocenters. The fraction of sp³-hybridized carbons (Fsp3) is 0.200. The van der Waals surface area contributed by atoms with Crippen molar-refractivity contribution >= 4 is 33.6 Å². The minimum absolute atomic E-state index is 0.296. The number of nitrogens with one attached hydrogen (secondary N) is 2. The third kappa shape index (κ3) is 3.82. The minimum Gasteiger partial charge on any atom is -0.497 e. The third-order valence-electron chi connectivity index (χ3n) is 4.37. The number of benzene rings is 2. The van der Waals surface area contributed by atoms with Gasteiger partial charge in [0.25, 0.3) is 0 Å². The number of carbonyl (C=O) groups is 2. The van der Waals surface area contributed by atoms with Crippen LogP contribution in [0.25, 0.3) is 5.70 Å². The number of carbonyl (C=O) groups excluding carboxylic acids is 2. The van der Waals surface area contributed by atoms with Crippen molar-refractivity contribution in [2.24, 2.45) is 0 Å². The Bertz CT molecular complexity index is 940. The van der Waals surface area contributed by atoms with E-state index in [9.17, 15) is 9.59 Å². The minimum atomic E-state index is -0.694. The summed E-state index contributed by atoms with van der Waals surface area (Å²) in [5.41, 5.74) is 2.04. The van der Waals surface area contributed by atoms with E-state index in [0.717, 1.165) is 0 Å². The van der Waals surface area contributed by atoms with Crippen molar-refractivity contribution in [3.8, 4) is 11.5 Å². The molecule has 2 amide bonds. The lowest BCUT2D eigenvalue weighted by molar-refractivity contribution is -0.136. The van der Waals surface area contributed by atoms with E-state index in [1.165, 1.54) is 7.11 Å². The Balaban J connectivity index is 2.15. The van der Waals surface area contributed by atoms with E-state index in [0.29, 0.717) is 38.4 Å². The fourth-order valence-corrected chi connectivity index (χ4v) is 3.55. The van der Waals surface area contributed by atoms with Gasteiger partial charge in [0.05, 0.1) is 43.1 Å². The highest BCUT2D eigenvalue weighted by Crippen LogP contribution is 2.35. The second kappa shape index (κ2) is 8.35. The number of hydrogen-bond donors (Lipinski definition) is 2. The lowest BCUT2D eigenvalue weighted by Crippen LogP contribution is -2.45. The Labute approximate surface area is 170 Å². The summed E-state index contributed by atoms with van der Waals surface area (Å²) in [5, 5.41) is 5.51. The van der Waals surface area contributed by atoms with Crippen molar-refractivity contribution in [1.29, 1.82) is 0 Å². The van der Waals surface area contributed by atoms with Crippen molar-refractivity contribution in [2.45, 2.75) is 6.04 Å². The molecule has 0 aliphatic carbocycles. The Morgan fingerprint density at radius 1 is 1.04 bits per heavy atom. The number of rotatable bonds is 5. The topological polar surface area (TPSA) is 85.9 Å². The van der Waals surface area contributed by atoms with Crippen molar-refractivity contribution in [3.63, 3.8) is 0 Å². The summed E-state index contributed by atoms with van der Waals surface area (Å²) >= 11 is 3.44. The maximum Gasteiger partial charge on any atom is 0.338 e. The third-order valence-corrected chi connectivity index (χ3v) is 4.98. The Morgan fingerprint density at radius 2 is 1.75 bits per heavy atom. The molecule has 0 bridgehead atoms. The first kappa shape index (κ1) is 19.8. The zero-order chi connectivity index (χ0) is 20.3. The monoisotopic (exact) mass is 446 g/mol. The number of ether oxygens (including phenoxy) is 3. The van der Waals surface area contributed by atoms with E-state index in [-0.39, 0.29) is 0 Å². The molecule has 7 nitrogen and oxygen atoms in total. The lowest BCUT2D eigenvalue weighted by Gasteiger charge is -2.29. The number of hydrogen-bond acceptors (Lipinski definition) is 5. The summed E-state index contributed by atoms with van der Waals surface area (Å²) in [7, 11) is 4.43. The number of methoxy groups -OCH3 is 3. The van der Waals surface area contributed by atoms with Gasteiger partial charge in [-0.1, -0.05) is 6.07 Å². The van der Waals surface area contributed by atoms with Crippen LogP contribution in [0, 0.1) is 0 Å². The summed E-state index contributed by atoms with van der Waals surface area (Å²) in [6, 6.07) is 11.3.